The van der Waals surface area contributed by atoms with E-state index in [1.807, 2.05) is 64.1 Å². The Labute approximate surface area is 143 Å². The van der Waals surface area contributed by atoms with Crippen molar-refractivity contribution in [1.82, 2.24) is 5.06 Å². The van der Waals surface area contributed by atoms with Gasteiger partial charge in [0.1, 0.15) is 0 Å². The van der Waals surface area contributed by atoms with Crippen LogP contribution >= 0.6 is 0 Å². The molecule has 3 atom stereocenters. The van der Waals surface area contributed by atoms with Crippen molar-refractivity contribution in [1.29, 1.82) is 0 Å². The second-order valence-corrected chi connectivity index (χ2v) is 6.99. The second-order valence-electron chi connectivity index (χ2n) is 6.99. The number of aliphatic hydroxyl groups excluding tert-OH is 1. The van der Waals surface area contributed by atoms with Gasteiger partial charge in [0.25, 0.3) is 5.91 Å². The molecular formula is C19H27NO4. The van der Waals surface area contributed by atoms with Crippen molar-refractivity contribution in [2.45, 2.75) is 45.9 Å². The summed E-state index contributed by atoms with van der Waals surface area (Å²) in [6.07, 6.45) is 0.965. The fourth-order valence-electron chi connectivity index (χ4n) is 3.23. The molecule has 1 aliphatic heterocycles. The summed E-state index contributed by atoms with van der Waals surface area (Å²) in [5, 5.41) is 21.2. The largest absolute Gasteiger partial charge is 0.368 e. The second kappa shape index (κ2) is 7.47. The number of rotatable bonds is 6. The van der Waals surface area contributed by atoms with Gasteiger partial charge in [-0.25, -0.2) is 0 Å². The van der Waals surface area contributed by atoms with Crippen molar-refractivity contribution in [2.75, 3.05) is 6.61 Å². The number of carbonyl (C=O) groups is 1. The molecule has 0 saturated carbocycles. The molecule has 1 aromatic rings. The molecule has 0 radical (unpaired) electrons. The Kier molecular flexibility index (Phi) is 5.80. The van der Waals surface area contributed by atoms with E-state index >= 15 is 0 Å². The molecule has 1 amide bonds. The van der Waals surface area contributed by atoms with Gasteiger partial charge in [-0.15, -0.1) is 0 Å². The Morgan fingerprint density at radius 3 is 2.50 bits per heavy atom. The Balaban J connectivity index is 2.52. The van der Waals surface area contributed by atoms with Gasteiger partial charge in [-0.3, -0.25) is 10.0 Å². The highest BCUT2D eigenvalue weighted by Gasteiger charge is 2.61. The van der Waals surface area contributed by atoms with Crippen LogP contribution in [0.4, 0.5) is 0 Å². The predicted molar refractivity (Wildman–Crippen MR) is 91.1 cm³/mol. The summed E-state index contributed by atoms with van der Waals surface area (Å²) in [6.45, 7) is 8.18. The van der Waals surface area contributed by atoms with Crippen LogP contribution in [-0.2, 0) is 15.1 Å². The minimum atomic E-state index is -1.44. The van der Waals surface area contributed by atoms with Crippen molar-refractivity contribution in [2.24, 2.45) is 11.8 Å². The predicted octanol–water partition coefficient (Wildman–Crippen LogP) is 3.08. The monoisotopic (exact) mass is 333 g/mol. The van der Waals surface area contributed by atoms with Gasteiger partial charge in [-0.05, 0) is 31.7 Å². The smallest absolute Gasteiger partial charge is 0.255 e. The topological polar surface area (TPSA) is 70.0 Å². The van der Waals surface area contributed by atoms with Gasteiger partial charge in [0.15, 0.2) is 11.8 Å². The zero-order chi connectivity index (χ0) is 17.9. The number of aliphatic hydroxyl groups is 1. The molecule has 2 N–H and O–H groups in total. The fourth-order valence-corrected chi connectivity index (χ4v) is 3.23. The lowest BCUT2D eigenvalue weighted by molar-refractivity contribution is -0.231. The van der Waals surface area contributed by atoms with Gasteiger partial charge < -0.3 is 9.84 Å². The first-order valence-corrected chi connectivity index (χ1v) is 8.33. The molecule has 132 valence electrons. The normalized spacial score (nSPS) is 27.0. The van der Waals surface area contributed by atoms with Crippen molar-refractivity contribution in [3.63, 3.8) is 0 Å². The van der Waals surface area contributed by atoms with Crippen LogP contribution < -0.4 is 0 Å². The van der Waals surface area contributed by atoms with Crippen LogP contribution in [0.5, 0.6) is 0 Å². The van der Waals surface area contributed by atoms with Crippen LogP contribution in [0.1, 0.15) is 39.7 Å². The molecule has 1 fully saturated rings. The summed E-state index contributed by atoms with van der Waals surface area (Å²) in [5.41, 5.74) is 0.483. The molecule has 1 heterocycles. The zero-order valence-electron chi connectivity index (χ0n) is 14.8. The molecule has 1 aliphatic rings. The minimum absolute atomic E-state index is 0.216. The van der Waals surface area contributed by atoms with Gasteiger partial charge in [0.2, 0.25) is 0 Å². The summed E-state index contributed by atoms with van der Waals surface area (Å²) in [7, 11) is 0. The summed E-state index contributed by atoms with van der Waals surface area (Å²) >= 11 is 0. The number of ether oxygens (including phenoxy) is 1. The molecule has 5 nitrogen and oxygen atoms in total. The van der Waals surface area contributed by atoms with E-state index in [9.17, 15) is 15.1 Å². The van der Waals surface area contributed by atoms with E-state index < -0.39 is 23.7 Å². The summed E-state index contributed by atoms with van der Waals surface area (Å²) < 4.78 is 6.11. The lowest BCUT2D eigenvalue weighted by Crippen LogP contribution is -2.46. The molecule has 0 aliphatic carbocycles. The summed E-state index contributed by atoms with van der Waals surface area (Å²) in [5.74, 6) is -0.935. The zero-order valence-corrected chi connectivity index (χ0v) is 14.8. The number of hydrogen-bond acceptors (Lipinski definition) is 4. The minimum Gasteiger partial charge on any atom is -0.368 e. The van der Waals surface area contributed by atoms with Crippen molar-refractivity contribution >= 4 is 5.91 Å². The van der Waals surface area contributed by atoms with Crippen LogP contribution in [0.3, 0.4) is 0 Å². The summed E-state index contributed by atoms with van der Waals surface area (Å²) in [6, 6.07) is 9.19. The van der Waals surface area contributed by atoms with Crippen molar-refractivity contribution in [3.05, 3.63) is 47.5 Å². The highest BCUT2D eigenvalue weighted by Crippen LogP contribution is 2.47. The number of hydrogen-bond donors (Lipinski definition) is 2. The van der Waals surface area contributed by atoms with E-state index in [0.29, 0.717) is 17.0 Å². The SMILES string of the molecule is CC(C)=CCOC1(c2ccccc2)C(CC(C)C)C(=O)N(O)C1O. The highest BCUT2D eigenvalue weighted by molar-refractivity contribution is 5.82. The van der Waals surface area contributed by atoms with E-state index in [0.717, 1.165) is 5.57 Å². The third-order valence-corrected chi connectivity index (χ3v) is 4.40. The van der Waals surface area contributed by atoms with Crippen LogP contribution in [0.25, 0.3) is 0 Å². The Bertz CT molecular complexity index is 595. The molecule has 0 bridgehead atoms. The van der Waals surface area contributed by atoms with Crippen molar-refractivity contribution < 1.29 is 19.8 Å². The molecule has 0 spiro atoms. The average molecular weight is 333 g/mol. The van der Waals surface area contributed by atoms with Gasteiger partial charge in [0, 0.05) is 0 Å². The lowest BCUT2D eigenvalue weighted by atomic mass is 9.78. The van der Waals surface area contributed by atoms with Crippen LogP contribution in [-0.4, -0.2) is 34.1 Å². The molecular weight excluding hydrogens is 306 g/mol. The maximum atomic E-state index is 12.6. The average Bonchev–Trinajstić information content (AvgIpc) is 2.71. The van der Waals surface area contributed by atoms with E-state index in [-0.39, 0.29) is 12.5 Å². The van der Waals surface area contributed by atoms with Gasteiger partial charge in [-0.1, -0.05) is 55.8 Å². The number of nitrogens with zero attached hydrogens (tertiary/aromatic N) is 1. The third-order valence-electron chi connectivity index (χ3n) is 4.40. The first-order chi connectivity index (χ1) is 11.3. The Hall–Kier alpha value is -1.69. The molecule has 1 saturated heterocycles. The standard InChI is InChI=1S/C19H27NO4/c1-13(2)10-11-24-19(15-8-6-5-7-9-15)16(12-14(3)4)17(21)20(23)18(19)22/h5-10,14,16,18,22-23H,11-12H2,1-4H3. The van der Waals surface area contributed by atoms with Gasteiger partial charge in [0.05, 0.1) is 12.5 Å². The van der Waals surface area contributed by atoms with E-state index in [4.69, 9.17) is 4.74 Å². The number of allylic oxidation sites excluding steroid dienone is 1. The molecule has 5 heteroatoms. The van der Waals surface area contributed by atoms with E-state index in [1.54, 1.807) is 0 Å². The highest BCUT2D eigenvalue weighted by atomic mass is 16.6. The van der Waals surface area contributed by atoms with E-state index in [2.05, 4.69) is 0 Å². The van der Waals surface area contributed by atoms with Gasteiger partial charge in [-0.2, -0.15) is 5.06 Å². The van der Waals surface area contributed by atoms with Crippen LogP contribution in [0.15, 0.2) is 42.0 Å². The molecule has 1 aromatic carbocycles. The van der Waals surface area contributed by atoms with Crippen LogP contribution in [0, 0.1) is 11.8 Å². The Morgan fingerprint density at radius 1 is 1.33 bits per heavy atom. The van der Waals surface area contributed by atoms with E-state index in [1.165, 1.54) is 0 Å². The third kappa shape index (κ3) is 3.38. The molecule has 3 unspecified atom stereocenters. The quantitative estimate of drug-likeness (QED) is 0.620. The molecule has 0 aromatic heterocycles. The van der Waals surface area contributed by atoms with Gasteiger partial charge >= 0.3 is 0 Å². The number of amides is 1. The van der Waals surface area contributed by atoms with Crippen molar-refractivity contribution in [3.8, 4) is 0 Å². The van der Waals surface area contributed by atoms with Crippen LogP contribution in [0.2, 0.25) is 0 Å². The lowest BCUT2D eigenvalue weighted by Gasteiger charge is -2.37. The number of benzene rings is 1. The maximum Gasteiger partial charge on any atom is 0.255 e. The molecule has 2 rings (SSSR count). The molecule has 24 heavy (non-hydrogen) atoms. The number of carbonyl (C=O) groups excluding carboxylic acids is 1. The fraction of sp³-hybridized carbons (Fsp3) is 0.526. The maximum absolute atomic E-state index is 12.6. The first kappa shape index (κ1) is 18.6. The first-order valence-electron chi connectivity index (χ1n) is 8.33. The number of hydroxylamine groups is 2. The Morgan fingerprint density at radius 2 is 1.96 bits per heavy atom. The summed E-state index contributed by atoms with van der Waals surface area (Å²) in [4.78, 5) is 12.6.